The molecule has 1 heterocycles. The standard InChI is InChI=1S/C34H26F4N4O4/c1-3-8-22-15-21(16-29(45-2)31(22)46-20-30(43)40-26-12-7-11-25(35)18-26)19-39-42-32(23-9-6-10-24(17-23)34(36,37)38)41-28-14-5-4-13-27(28)33(42)44/h3-7,9-19H,1,8,20H2,2H3,(H,40,43). The topological polar surface area (TPSA) is 94.8 Å². The minimum absolute atomic E-state index is 0.0417. The van der Waals surface area contributed by atoms with E-state index in [9.17, 15) is 27.2 Å². The number of nitrogens with one attached hydrogen (secondary N) is 1. The molecular weight excluding hydrogens is 604 g/mol. The molecule has 0 fully saturated rings. The van der Waals surface area contributed by atoms with Gasteiger partial charge in [-0.1, -0.05) is 36.4 Å². The van der Waals surface area contributed by atoms with Crippen LogP contribution in [0, 0.1) is 5.82 Å². The Bertz CT molecular complexity index is 2020. The first-order valence-corrected chi connectivity index (χ1v) is 13.8. The van der Waals surface area contributed by atoms with Crippen LogP contribution in [0.3, 0.4) is 0 Å². The summed E-state index contributed by atoms with van der Waals surface area (Å²) in [6.45, 7) is 3.35. The smallest absolute Gasteiger partial charge is 0.416 e. The van der Waals surface area contributed by atoms with Crippen LogP contribution in [0.2, 0.25) is 0 Å². The van der Waals surface area contributed by atoms with Crippen molar-refractivity contribution in [3.05, 3.63) is 130 Å². The molecule has 8 nitrogen and oxygen atoms in total. The summed E-state index contributed by atoms with van der Waals surface area (Å²) in [5, 5.41) is 7.12. The van der Waals surface area contributed by atoms with Crippen LogP contribution in [0.1, 0.15) is 16.7 Å². The van der Waals surface area contributed by atoms with Crippen molar-refractivity contribution < 1.29 is 31.8 Å². The predicted molar refractivity (Wildman–Crippen MR) is 167 cm³/mol. The van der Waals surface area contributed by atoms with E-state index in [4.69, 9.17) is 9.47 Å². The Morgan fingerprint density at radius 1 is 1.04 bits per heavy atom. The van der Waals surface area contributed by atoms with Crippen LogP contribution in [-0.2, 0) is 17.4 Å². The van der Waals surface area contributed by atoms with Gasteiger partial charge < -0.3 is 14.8 Å². The summed E-state index contributed by atoms with van der Waals surface area (Å²) in [7, 11) is 1.40. The third kappa shape index (κ3) is 7.12. The van der Waals surface area contributed by atoms with E-state index in [0.717, 1.165) is 16.8 Å². The molecule has 12 heteroatoms. The van der Waals surface area contributed by atoms with E-state index in [2.05, 4.69) is 22.0 Å². The first-order chi connectivity index (χ1) is 22.1. The van der Waals surface area contributed by atoms with Crippen LogP contribution in [-0.4, -0.2) is 35.5 Å². The molecule has 0 radical (unpaired) electrons. The molecule has 0 unspecified atom stereocenters. The van der Waals surface area contributed by atoms with Gasteiger partial charge in [-0.3, -0.25) is 9.59 Å². The monoisotopic (exact) mass is 630 g/mol. The lowest BCUT2D eigenvalue weighted by Gasteiger charge is -2.16. The summed E-state index contributed by atoms with van der Waals surface area (Å²) in [5.41, 5.74) is 0.126. The van der Waals surface area contributed by atoms with E-state index in [0.29, 0.717) is 23.1 Å². The Labute approximate surface area is 260 Å². The minimum Gasteiger partial charge on any atom is -0.493 e. The van der Waals surface area contributed by atoms with Crippen LogP contribution in [0.15, 0.2) is 107 Å². The maximum absolute atomic E-state index is 13.5. The number of hydrogen-bond acceptors (Lipinski definition) is 6. The zero-order chi connectivity index (χ0) is 32.8. The fourth-order valence-electron chi connectivity index (χ4n) is 4.66. The Morgan fingerprint density at radius 3 is 2.57 bits per heavy atom. The van der Waals surface area contributed by atoms with Crippen LogP contribution in [0.25, 0.3) is 22.3 Å². The number of rotatable bonds is 10. The number of halogens is 4. The Balaban J connectivity index is 1.51. The fourth-order valence-corrected chi connectivity index (χ4v) is 4.66. The number of hydrogen-bond donors (Lipinski definition) is 1. The lowest BCUT2D eigenvalue weighted by atomic mass is 10.1. The van der Waals surface area contributed by atoms with Crippen molar-refractivity contribution in [2.75, 3.05) is 19.0 Å². The maximum Gasteiger partial charge on any atom is 0.416 e. The molecule has 46 heavy (non-hydrogen) atoms. The molecule has 0 saturated heterocycles. The van der Waals surface area contributed by atoms with Crippen LogP contribution in [0.4, 0.5) is 23.2 Å². The summed E-state index contributed by atoms with van der Waals surface area (Å²) in [5.74, 6) is -0.638. The number of anilines is 1. The maximum atomic E-state index is 13.5. The van der Waals surface area contributed by atoms with Crippen molar-refractivity contribution in [2.45, 2.75) is 12.6 Å². The van der Waals surface area contributed by atoms with Crippen LogP contribution >= 0.6 is 0 Å². The summed E-state index contributed by atoms with van der Waals surface area (Å²) in [4.78, 5) is 30.5. The van der Waals surface area contributed by atoms with Gasteiger partial charge in [0, 0.05) is 16.8 Å². The van der Waals surface area contributed by atoms with Crippen LogP contribution < -0.4 is 20.3 Å². The SMILES string of the molecule is C=CCc1cc(C=Nn2c(-c3cccc(C(F)(F)F)c3)nc3ccccc3c2=O)cc(OC)c1OCC(=O)Nc1cccc(F)c1. The van der Waals surface area contributed by atoms with Crippen molar-refractivity contribution in [3.8, 4) is 22.9 Å². The molecule has 1 N–H and O–H groups in total. The molecule has 1 aromatic heterocycles. The molecule has 0 saturated carbocycles. The summed E-state index contributed by atoms with van der Waals surface area (Å²) in [6, 6.07) is 19.6. The van der Waals surface area contributed by atoms with E-state index in [1.807, 2.05) is 0 Å². The number of fused-ring (bicyclic) bond motifs is 1. The average molecular weight is 631 g/mol. The molecule has 0 atom stereocenters. The molecule has 234 valence electrons. The highest BCUT2D eigenvalue weighted by Gasteiger charge is 2.31. The molecule has 0 spiro atoms. The molecule has 0 aliphatic carbocycles. The minimum atomic E-state index is -4.61. The van der Waals surface area contributed by atoms with Gasteiger partial charge in [0.15, 0.2) is 23.9 Å². The number of benzene rings is 4. The number of nitrogens with zero attached hydrogens (tertiary/aromatic N) is 3. The third-order valence-electron chi connectivity index (χ3n) is 6.72. The lowest BCUT2D eigenvalue weighted by molar-refractivity contribution is -0.137. The van der Waals surface area contributed by atoms with Gasteiger partial charge in [0.05, 0.1) is 29.8 Å². The zero-order valence-corrected chi connectivity index (χ0v) is 24.3. The highest BCUT2D eigenvalue weighted by Crippen LogP contribution is 2.34. The molecule has 0 bridgehead atoms. The van der Waals surface area contributed by atoms with Gasteiger partial charge in [-0.25, -0.2) is 9.37 Å². The van der Waals surface area contributed by atoms with E-state index in [1.54, 1.807) is 42.5 Å². The molecule has 5 rings (SSSR count). The quantitative estimate of drug-likeness (QED) is 0.103. The van der Waals surface area contributed by atoms with Gasteiger partial charge >= 0.3 is 6.18 Å². The summed E-state index contributed by atoms with van der Waals surface area (Å²) < 4.78 is 66.3. The summed E-state index contributed by atoms with van der Waals surface area (Å²) in [6.07, 6.45) is -1.36. The zero-order valence-electron chi connectivity index (χ0n) is 24.3. The van der Waals surface area contributed by atoms with Gasteiger partial charge in [-0.2, -0.15) is 22.9 Å². The first-order valence-electron chi connectivity index (χ1n) is 13.8. The fraction of sp³-hybridized carbons (Fsp3) is 0.118. The van der Waals surface area contributed by atoms with Crippen LogP contribution in [0.5, 0.6) is 11.5 Å². The number of aromatic nitrogens is 2. The van der Waals surface area contributed by atoms with Crippen molar-refractivity contribution >= 4 is 28.7 Å². The Kier molecular flexibility index (Phi) is 9.26. The molecule has 0 aliphatic heterocycles. The Morgan fingerprint density at radius 2 is 1.83 bits per heavy atom. The lowest BCUT2D eigenvalue weighted by Crippen LogP contribution is -2.21. The van der Waals surface area contributed by atoms with Gasteiger partial charge in [0.25, 0.3) is 11.5 Å². The molecule has 1 amide bonds. The molecule has 5 aromatic rings. The second kappa shape index (κ2) is 13.5. The second-order valence-electron chi connectivity index (χ2n) is 9.94. The van der Waals surface area contributed by atoms with Crippen molar-refractivity contribution in [1.82, 2.24) is 9.66 Å². The number of alkyl halides is 3. The number of para-hydroxylation sites is 1. The number of carbonyl (C=O) groups is 1. The van der Waals surface area contributed by atoms with Gasteiger partial charge in [0.2, 0.25) is 0 Å². The van der Waals surface area contributed by atoms with Crippen molar-refractivity contribution in [1.29, 1.82) is 0 Å². The number of allylic oxidation sites excluding steroid dienone is 1. The number of ether oxygens (including phenoxy) is 2. The summed E-state index contributed by atoms with van der Waals surface area (Å²) >= 11 is 0. The molecular formula is C34H26F4N4O4. The number of amides is 1. The first kappa shape index (κ1) is 31.6. The van der Waals surface area contributed by atoms with Crippen molar-refractivity contribution in [3.63, 3.8) is 0 Å². The predicted octanol–water partition coefficient (Wildman–Crippen LogP) is 6.86. The van der Waals surface area contributed by atoms with E-state index >= 15 is 0 Å². The van der Waals surface area contributed by atoms with Crippen molar-refractivity contribution in [2.24, 2.45) is 5.10 Å². The van der Waals surface area contributed by atoms with Gasteiger partial charge in [0.1, 0.15) is 5.82 Å². The molecule has 4 aromatic carbocycles. The largest absolute Gasteiger partial charge is 0.493 e. The van der Waals surface area contributed by atoms with Gasteiger partial charge in [-0.05, 0) is 66.6 Å². The van der Waals surface area contributed by atoms with E-state index in [1.165, 1.54) is 49.7 Å². The third-order valence-corrected chi connectivity index (χ3v) is 6.72. The highest BCUT2D eigenvalue weighted by molar-refractivity contribution is 5.92. The van der Waals surface area contributed by atoms with E-state index in [-0.39, 0.29) is 34.0 Å². The Hall–Kier alpha value is -5.78. The number of methoxy groups -OCH3 is 1. The number of carbonyl (C=O) groups excluding carboxylic acids is 1. The molecule has 0 aliphatic rings. The average Bonchev–Trinajstić information content (AvgIpc) is 3.03. The normalized spacial score (nSPS) is 11.5. The second-order valence-corrected chi connectivity index (χ2v) is 9.94. The van der Waals surface area contributed by atoms with E-state index < -0.39 is 35.6 Å². The highest BCUT2D eigenvalue weighted by atomic mass is 19.4. The van der Waals surface area contributed by atoms with Gasteiger partial charge in [-0.15, -0.1) is 6.58 Å².